The fourth-order valence-electron chi connectivity index (χ4n) is 1.82. The lowest BCUT2D eigenvalue weighted by atomic mass is 10.1. The Kier molecular flexibility index (Phi) is 4.98. The highest BCUT2D eigenvalue weighted by Crippen LogP contribution is 2.14. The van der Waals surface area contributed by atoms with Gasteiger partial charge in [-0.3, -0.25) is 15.6 Å². The summed E-state index contributed by atoms with van der Waals surface area (Å²) >= 11 is 8.25. The monoisotopic (exact) mass is 367 g/mol. The van der Waals surface area contributed by atoms with E-state index in [2.05, 4.69) is 38.2 Å². The number of aryl methyl sites for hydroxylation is 2. The topological polar surface area (TPSA) is 66.3 Å². The maximum absolute atomic E-state index is 11.7. The van der Waals surface area contributed by atoms with Crippen molar-refractivity contribution >= 4 is 44.9 Å². The first kappa shape index (κ1) is 15.5. The Bertz CT molecular complexity index is 664. The Balaban J connectivity index is 1.88. The van der Waals surface area contributed by atoms with E-state index in [0.29, 0.717) is 9.78 Å². The van der Waals surface area contributed by atoms with Gasteiger partial charge < -0.3 is 9.73 Å². The van der Waals surface area contributed by atoms with Crippen LogP contribution < -0.4 is 16.2 Å². The van der Waals surface area contributed by atoms with Gasteiger partial charge in [0.05, 0.1) is 0 Å². The van der Waals surface area contributed by atoms with Crippen LogP contribution in [0.5, 0.6) is 0 Å². The number of rotatable bonds is 2. The van der Waals surface area contributed by atoms with Gasteiger partial charge in [-0.15, -0.1) is 0 Å². The average molecular weight is 368 g/mol. The minimum Gasteiger partial charge on any atom is -0.444 e. The lowest BCUT2D eigenvalue weighted by Gasteiger charge is -2.12. The Morgan fingerprint density at radius 3 is 2.38 bits per heavy atom. The Hall–Kier alpha value is -1.86. The summed E-state index contributed by atoms with van der Waals surface area (Å²) in [4.78, 5) is 11.7. The van der Waals surface area contributed by atoms with Crippen LogP contribution in [0.3, 0.4) is 0 Å². The highest BCUT2D eigenvalue weighted by molar-refractivity contribution is 9.10. The SMILES string of the molecule is Cc1cc(C)cc(NC(=S)NNC(=O)c2ccc(Br)o2)c1. The van der Waals surface area contributed by atoms with E-state index in [-0.39, 0.29) is 5.76 Å². The van der Waals surface area contributed by atoms with Gasteiger partial charge in [0.2, 0.25) is 0 Å². The van der Waals surface area contributed by atoms with Crippen molar-refractivity contribution in [2.45, 2.75) is 13.8 Å². The number of thiocarbonyl (C=S) groups is 1. The second-order valence-corrected chi connectivity index (χ2v) is 5.70. The van der Waals surface area contributed by atoms with Crippen molar-refractivity contribution < 1.29 is 9.21 Å². The summed E-state index contributed by atoms with van der Waals surface area (Å²) in [6, 6.07) is 9.19. The minimum absolute atomic E-state index is 0.184. The highest BCUT2D eigenvalue weighted by atomic mass is 79.9. The summed E-state index contributed by atoms with van der Waals surface area (Å²) in [5, 5.41) is 3.29. The van der Waals surface area contributed by atoms with Gasteiger partial charge in [0.25, 0.3) is 0 Å². The van der Waals surface area contributed by atoms with Crippen molar-refractivity contribution in [1.82, 2.24) is 10.9 Å². The molecule has 0 atom stereocenters. The number of hydrogen-bond acceptors (Lipinski definition) is 3. The van der Waals surface area contributed by atoms with Gasteiger partial charge in [-0.25, -0.2) is 0 Å². The van der Waals surface area contributed by atoms with Gasteiger partial charge in [-0.1, -0.05) is 6.07 Å². The lowest BCUT2D eigenvalue weighted by Crippen LogP contribution is -2.43. The fraction of sp³-hybridized carbons (Fsp3) is 0.143. The van der Waals surface area contributed by atoms with E-state index in [1.165, 1.54) is 0 Å². The minimum atomic E-state index is -0.412. The number of anilines is 1. The maximum atomic E-state index is 11.7. The predicted octanol–water partition coefficient (Wildman–Crippen LogP) is 3.29. The number of benzene rings is 1. The molecule has 0 fully saturated rings. The molecule has 2 rings (SSSR count). The van der Waals surface area contributed by atoms with Crippen LogP contribution in [0.1, 0.15) is 21.7 Å². The van der Waals surface area contributed by atoms with E-state index >= 15 is 0 Å². The number of furan rings is 1. The largest absolute Gasteiger partial charge is 0.444 e. The van der Waals surface area contributed by atoms with Crippen LogP contribution in [0, 0.1) is 13.8 Å². The molecule has 0 radical (unpaired) electrons. The molecule has 0 spiro atoms. The Morgan fingerprint density at radius 2 is 1.81 bits per heavy atom. The van der Waals surface area contributed by atoms with Gasteiger partial charge in [0.15, 0.2) is 15.5 Å². The average Bonchev–Trinajstić information content (AvgIpc) is 2.81. The molecule has 5 nitrogen and oxygen atoms in total. The number of halogens is 1. The van der Waals surface area contributed by atoms with Crippen molar-refractivity contribution in [3.05, 3.63) is 51.9 Å². The van der Waals surface area contributed by atoms with Crippen molar-refractivity contribution in [3.63, 3.8) is 0 Å². The fourth-order valence-corrected chi connectivity index (χ4v) is 2.30. The molecule has 1 aromatic heterocycles. The molecule has 1 heterocycles. The van der Waals surface area contributed by atoms with E-state index in [1.807, 2.05) is 26.0 Å². The Morgan fingerprint density at radius 1 is 1.14 bits per heavy atom. The summed E-state index contributed by atoms with van der Waals surface area (Å²) in [5.74, 6) is -0.228. The quantitative estimate of drug-likeness (QED) is 0.561. The van der Waals surface area contributed by atoms with E-state index < -0.39 is 5.91 Å². The van der Waals surface area contributed by atoms with Crippen LogP contribution in [0.4, 0.5) is 5.69 Å². The zero-order valence-electron chi connectivity index (χ0n) is 11.5. The maximum Gasteiger partial charge on any atom is 0.305 e. The smallest absolute Gasteiger partial charge is 0.305 e. The number of hydrazine groups is 1. The summed E-state index contributed by atoms with van der Waals surface area (Å²) in [5.41, 5.74) is 8.20. The molecule has 2 aromatic rings. The second kappa shape index (κ2) is 6.73. The molecular formula is C14H14BrN3O2S. The molecule has 0 saturated heterocycles. The molecule has 0 saturated carbocycles. The van der Waals surface area contributed by atoms with Crippen molar-refractivity contribution in [3.8, 4) is 0 Å². The second-order valence-electron chi connectivity index (χ2n) is 4.51. The Labute approximate surface area is 136 Å². The molecule has 1 aromatic carbocycles. The predicted molar refractivity (Wildman–Crippen MR) is 89.1 cm³/mol. The number of amides is 1. The number of carbonyl (C=O) groups is 1. The third kappa shape index (κ3) is 4.57. The molecule has 110 valence electrons. The van der Waals surface area contributed by atoms with Crippen LogP contribution in [0.25, 0.3) is 0 Å². The van der Waals surface area contributed by atoms with Crippen LogP contribution in [0.15, 0.2) is 39.4 Å². The number of carbonyl (C=O) groups excluding carboxylic acids is 1. The van der Waals surface area contributed by atoms with Crippen LogP contribution in [0.2, 0.25) is 0 Å². The highest BCUT2D eigenvalue weighted by Gasteiger charge is 2.10. The first-order valence-electron chi connectivity index (χ1n) is 6.15. The molecule has 7 heteroatoms. The van der Waals surface area contributed by atoms with E-state index in [0.717, 1.165) is 16.8 Å². The molecule has 0 aliphatic heterocycles. The van der Waals surface area contributed by atoms with Crippen LogP contribution >= 0.6 is 28.1 Å². The zero-order chi connectivity index (χ0) is 15.4. The zero-order valence-corrected chi connectivity index (χ0v) is 13.9. The van der Waals surface area contributed by atoms with E-state index in [1.54, 1.807) is 12.1 Å². The van der Waals surface area contributed by atoms with Crippen molar-refractivity contribution in [2.75, 3.05) is 5.32 Å². The van der Waals surface area contributed by atoms with E-state index in [4.69, 9.17) is 16.6 Å². The molecular weight excluding hydrogens is 354 g/mol. The first-order valence-corrected chi connectivity index (χ1v) is 7.35. The molecule has 0 bridgehead atoms. The molecule has 0 aliphatic carbocycles. The van der Waals surface area contributed by atoms with Gasteiger partial charge in [0.1, 0.15) is 0 Å². The molecule has 21 heavy (non-hydrogen) atoms. The van der Waals surface area contributed by atoms with Crippen molar-refractivity contribution in [1.29, 1.82) is 0 Å². The summed E-state index contributed by atoms with van der Waals surface area (Å²) in [7, 11) is 0. The summed E-state index contributed by atoms with van der Waals surface area (Å²) in [6.07, 6.45) is 0. The van der Waals surface area contributed by atoms with Gasteiger partial charge in [0, 0.05) is 5.69 Å². The van der Waals surface area contributed by atoms with Gasteiger partial charge in [-0.05, 0) is 77.4 Å². The van der Waals surface area contributed by atoms with Gasteiger partial charge >= 0.3 is 5.91 Å². The number of nitrogens with one attached hydrogen (secondary N) is 3. The van der Waals surface area contributed by atoms with E-state index in [9.17, 15) is 4.79 Å². The third-order valence-electron chi connectivity index (χ3n) is 2.57. The standard InChI is InChI=1S/C14H14BrN3O2S/c1-8-5-9(2)7-10(6-8)16-14(21)18-17-13(19)11-3-4-12(15)20-11/h3-7H,1-2H3,(H,17,19)(H2,16,18,21). The molecule has 1 amide bonds. The summed E-state index contributed by atoms with van der Waals surface area (Å²) < 4.78 is 5.62. The van der Waals surface area contributed by atoms with Gasteiger partial charge in [-0.2, -0.15) is 0 Å². The summed E-state index contributed by atoms with van der Waals surface area (Å²) in [6.45, 7) is 4.01. The normalized spacial score (nSPS) is 10.0. The number of hydrogen-bond donors (Lipinski definition) is 3. The third-order valence-corrected chi connectivity index (χ3v) is 3.20. The molecule has 3 N–H and O–H groups in total. The molecule has 0 unspecified atom stereocenters. The first-order chi connectivity index (χ1) is 9.94. The van der Waals surface area contributed by atoms with Crippen LogP contribution in [-0.2, 0) is 0 Å². The lowest BCUT2D eigenvalue weighted by molar-refractivity contribution is 0.0915. The van der Waals surface area contributed by atoms with Crippen molar-refractivity contribution in [2.24, 2.45) is 0 Å². The molecule has 0 aliphatic rings. The van der Waals surface area contributed by atoms with Crippen LogP contribution in [-0.4, -0.2) is 11.0 Å².